The molecule has 1 N–H and O–H groups in total. The first-order valence-corrected chi connectivity index (χ1v) is 15.3. The second-order valence-corrected chi connectivity index (χ2v) is 10.9. The third-order valence-electron chi connectivity index (χ3n) is 7.89. The third-order valence-corrected chi connectivity index (χ3v) is 7.89. The highest BCUT2D eigenvalue weighted by Gasteiger charge is 2.49. The zero-order valence-corrected chi connectivity index (χ0v) is 27.1. The van der Waals surface area contributed by atoms with Crippen molar-refractivity contribution in [2.45, 2.75) is 50.5 Å². The second kappa shape index (κ2) is 17.0. The summed E-state index contributed by atoms with van der Waals surface area (Å²) in [7, 11) is 6.48. The maximum atomic E-state index is 10.6. The van der Waals surface area contributed by atoms with Crippen LogP contribution < -0.4 is 23.7 Å². The molecule has 47 heavy (non-hydrogen) atoms. The van der Waals surface area contributed by atoms with E-state index in [9.17, 15) is 5.11 Å². The van der Waals surface area contributed by atoms with Crippen molar-refractivity contribution in [1.29, 1.82) is 0 Å². The standard InChI is InChI=1S/C37H42O10/c1-39-28-11-5-25(6-12-28)22-43-34-33(21-38)47-37(46-32-19-17-31(42-4)18-20-32)36(45-24-27-9-15-30(41-3)16-10-27)35(34)44-23-26-7-13-29(40-2)14-8-26/h5-20,33-38H,21-24H2,1-4H3/t33-,34-,35-,36+,37+/m1/s1. The van der Waals surface area contributed by atoms with Gasteiger partial charge in [0.1, 0.15) is 53.2 Å². The number of aliphatic hydroxyl groups is 1. The summed E-state index contributed by atoms with van der Waals surface area (Å²) in [5.41, 5.74) is 2.76. The molecular formula is C37H42O10. The van der Waals surface area contributed by atoms with E-state index in [1.807, 2.05) is 72.8 Å². The van der Waals surface area contributed by atoms with E-state index in [1.54, 1.807) is 52.7 Å². The molecule has 1 saturated heterocycles. The van der Waals surface area contributed by atoms with Crippen LogP contribution in [0.4, 0.5) is 0 Å². The van der Waals surface area contributed by atoms with E-state index in [0.717, 1.165) is 33.9 Å². The number of hydrogen-bond donors (Lipinski definition) is 1. The number of benzene rings is 4. The minimum atomic E-state index is -0.944. The molecule has 1 fully saturated rings. The number of hydrogen-bond acceptors (Lipinski definition) is 10. The number of rotatable bonds is 16. The van der Waals surface area contributed by atoms with Gasteiger partial charge in [0, 0.05) is 0 Å². The molecule has 0 unspecified atom stereocenters. The first kappa shape index (κ1) is 34.0. The van der Waals surface area contributed by atoms with Crippen LogP contribution in [0.15, 0.2) is 97.1 Å². The van der Waals surface area contributed by atoms with Crippen LogP contribution in [-0.4, -0.2) is 70.9 Å². The van der Waals surface area contributed by atoms with Crippen LogP contribution in [0.2, 0.25) is 0 Å². The molecule has 0 saturated carbocycles. The van der Waals surface area contributed by atoms with Gasteiger partial charge in [0.15, 0.2) is 0 Å². The van der Waals surface area contributed by atoms with Crippen molar-refractivity contribution in [3.8, 4) is 28.7 Å². The van der Waals surface area contributed by atoms with Crippen molar-refractivity contribution in [1.82, 2.24) is 0 Å². The lowest BCUT2D eigenvalue weighted by molar-refractivity contribution is -0.308. The fraction of sp³-hybridized carbons (Fsp3) is 0.351. The van der Waals surface area contributed by atoms with E-state index in [2.05, 4.69) is 0 Å². The molecule has 10 heteroatoms. The van der Waals surface area contributed by atoms with Gasteiger partial charge in [0.2, 0.25) is 6.29 Å². The Kier molecular flexibility index (Phi) is 12.3. The van der Waals surface area contributed by atoms with E-state index in [4.69, 9.17) is 42.6 Å². The zero-order valence-electron chi connectivity index (χ0n) is 27.1. The molecule has 5 rings (SSSR count). The van der Waals surface area contributed by atoms with Crippen molar-refractivity contribution in [3.05, 3.63) is 114 Å². The second-order valence-electron chi connectivity index (χ2n) is 10.9. The van der Waals surface area contributed by atoms with Gasteiger partial charge in [-0.2, -0.15) is 0 Å². The van der Waals surface area contributed by atoms with Crippen LogP contribution in [0.5, 0.6) is 28.7 Å². The molecule has 0 amide bonds. The molecule has 0 aliphatic carbocycles. The van der Waals surface area contributed by atoms with E-state index in [0.29, 0.717) is 11.5 Å². The fourth-order valence-corrected chi connectivity index (χ4v) is 5.22. The Hall–Kier alpha value is -4.32. The quantitative estimate of drug-likeness (QED) is 0.166. The lowest BCUT2D eigenvalue weighted by Gasteiger charge is -2.45. The predicted octanol–water partition coefficient (Wildman–Crippen LogP) is 5.57. The Bertz CT molecular complexity index is 1480. The summed E-state index contributed by atoms with van der Waals surface area (Å²) < 4.78 is 53.7. The van der Waals surface area contributed by atoms with Gasteiger partial charge in [-0.3, -0.25) is 0 Å². The molecule has 0 bridgehead atoms. The molecule has 0 aromatic heterocycles. The van der Waals surface area contributed by atoms with E-state index in [-0.39, 0.29) is 26.4 Å². The summed E-state index contributed by atoms with van der Waals surface area (Å²) in [5.74, 6) is 3.46. The summed E-state index contributed by atoms with van der Waals surface area (Å²) >= 11 is 0. The lowest BCUT2D eigenvalue weighted by atomic mass is 9.97. The average Bonchev–Trinajstić information content (AvgIpc) is 3.13. The molecule has 4 aromatic carbocycles. The van der Waals surface area contributed by atoms with E-state index in [1.165, 1.54) is 0 Å². The Morgan fingerprint density at radius 3 is 1.19 bits per heavy atom. The Balaban J connectivity index is 1.45. The summed E-state index contributed by atoms with van der Waals surface area (Å²) in [6.07, 6.45) is -3.90. The molecule has 10 nitrogen and oxygen atoms in total. The van der Waals surface area contributed by atoms with Gasteiger partial charge >= 0.3 is 0 Å². The lowest BCUT2D eigenvalue weighted by Crippen LogP contribution is -2.62. The maximum Gasteiger partial charge on any atom is 0.229 e. The summed E-state index contributed by atoms with van der Waals surface area (Å²) in [6, 6.07) is 30.0. The number of methoxy groups -OCH3 is 4. The molecule has 1 aliphatic heterocycles. The first-order chi connectivity index (χ1) is 23.0. The van der Waals surface area contributed by atoms with Crippen molar-refractivity contribution in [2.75, 3.05) is 35.0 Å². The van der Waals surface area contributed by atoms with Crippen molar-refractivity contribution >= 4 is 0 Å². The third kappa shape index (κ3) is 9.15. The highest BCUT2D eigenvalue weighted by atomic mass is 16.7. The van der Waals surface area contributed by atoms with E-state index >= 15 is 0 Å². The van der Waals surface area contributed by atoms with Gasteiger partial charge in [-0.1, -0.05) is 36.4 Å². The van der Waals surface area contributed by atoms with Gasteiger partial charge in [0.05, 0.1) is 54.9 Å². The normalized spacial score (nSPS) is 20.7. The average molecular weight is 647 g/mol. The number of ether oxygens (including phenoxy) is 9. The highest BCUT2D eigenvalue weighted by Crippen LogP contribution is 2.33. The summed E-state index contributed by atoms with van der Waals surface area (Å²) in [6.45, 7) is 0.389. The zero-order chi connectivity index (χ0) is 33.0. The molecule has 1 heterocycles. The predicted molar refractivity (Wildman–Crippen MR) is 174 cm³/mol. The molecular weight excluding hydrogens is 604 g/mol. The number of aliphatic hydroxyl groups excluding tert-OH is 1. The van der Waals surface area contributed by atoms with Gasteiger partial charge in [0.25, 0.3) is 0 Å². The highest BCUT2D eigenvalue weighted by molar-refractivity contribution is 5.32. The smallest absolute Gasteiger partial charge is 0.229 e. The molecule has 5 atom stereocenters. The van der Waals surface area contributed by atoms with Crippen LogP contribution in [0.25, 0.3) is 0 Å². The fourth-order valence-electron chi connectivity index (χ4n) is 5.22. The van der Waals surface area contributed by atoms with Gasteiger partial charge < -0.3 is 47.7 Å². The summed E-state index contributed by atoms with van der Waals surface area (Å²) in [4.78, 5) is 0. The Morgan fingerprint density at radius 1 is 0.468 bits per heavy atom. The monoisotopic (exact) mass is 646 g/mol. The van der Waals surface area contributed by atoms with Crippen molar-refractivity contribution in [2.24, 2.45) is 0 Å². The first-order valence-electron chi connectivity index (χ1n) is 15.3. The van der Waals surface area contributed by atoms with Crippen LogP contribution in [0, 0.1) is 0 Å². The topological polar surface area (TPSA) is 103 Å². The van der Waals surface area contributed by atoms with Gasteiger partial charge in [-0.15, -0.1) is 0 Å². The largest absolute Gasteiger partial charge is 0.497 e. The Morgan fingerprint density at radius 2 is 0.809 bits per heavy atom. The van der Waals surface area contributed by atoms with Crippen molar-refractivity contribution < 1.29 is 47.7 Å². The summed E-state index contributed by atoms with van der Waals surface area (Å²) in [5, 5.41) is 10.6. The van der Waals surface area contributed by atoms with Crippen LogP contribution in [0.3, 0.4) is 0 Å². The molecule has 0 radical (unpaired) electrons. The maximum absolute atomic E-state index is 10.6. The minimum absolute atomic E-state index is 0.234. The van der Waals surface area contributed by atoms with Crippen LogP contribution >= 0.6 is 0 Å². The van der Waals surface area contributed by atoms with Crippen LogP contribution in [0.1, 0.15) is 16.7 Å². The van der Waals surface area contributed by atoms with Gasteiger partial charge in [-0.05, 0) is 77.4 Å². The SMILES string of the molecule is COc1ccc(CO[C@H]2[C@H](OCc3ccc(OC)cc3)[C@@H](Oc3ccc(OC)cc3)O[C@H](CO)[C@H]2OCc2ccc(OC)cc2)cc1. The minimum Gasteiger partial charge on any atom is -0.497 e. The molecule has 1 aliphatic rings. The van der Waals surface area contributed by atoms with Crippen molar-refractivity contribution in [3.63, 3.8) is 0 Å². The Labute approximate surface area is 275 Å². The van der Waals surface area contributed by atoms with Gasteiger partial charge in [-0.25, -0.2) is 0 Å². The molecule has 4 aromatic rings. The molecule has 250 valence electrons. The van der Waals surface area contributed by atoms with E-state index < -0.39 is 30.7 Å². The molecule has 0 spiro atoms. The van der Waals surface area contributed by atoms with Crippen LogP contribution in [-0.2, 0) is 38.8 Å².